The van der Waals surface area contributed by atoms with Crippen molar-refractivity contribution in [2.24, 2.45) is 4.99 Å². The largest absolute Gasteiger partial charge is 0.283 e. The molecule has 2 aromatic heterocycles. The maximum atomic E-state index is 13.2. The van der Waals surface area contributed by atoms with Gasteiger partial charge in [0, 0.05) is 24.6 Å². The molecule has 5 nitrogen and oxygen atoms in total. The van der Waals surface area contributed by atoms with E-state index in [0.29, 0.717) is 20.9 Å². The summed E-state index contributed by atoms with van der Waals surface area (Å²) in [5.41, 5.74) is 1.48. The Bertz CT molecular complexity index is 894. The molecule has 1 saturated carbocycles. The summed E-state index contributed by atoms with van der Waals surface area (Å²) >= 11 is 7.58. The third-order valence-corrected chi connectivity index (χ3v) is 5.99. The molecule has 2 aliphatic rings. The molecule has 3 heterocycles. The van der Waals surface area contributed by atoms with Crippen LogP contribution < -0.4 is 0 Å². The second-order valence-corrected chi connectivity index (χ2v) is 7.94. The highest BCUT2D eigenvalue weighted by molar-refractivity contribution is 8.18. The SMILES string of the molecule is O=C1/C(=C/c2cccnc2)SC(=Nc2cccnc2Cl)N1C1CCCCC1. The Labute approximate surface area is 167 Å². The molecule has 0 bridgehead atoms. The quantitative estimate of drug-likeness (QED) is 0.535. The first-order valence-electron chi connectivity index (χ1n) is 9.05. The van der Waals surface area contributed by atoms with Gasteiger partial charge in [-0.15, -0.1) is 0 Å². The van der Waals surface area contributed by atoms with Gasteiger partial charge >= 0.3 is 0 Å². The standard InChI is InChI=1S/C20H19ClN4OS/c21-18-16(9-5-11-23-18)24-20-25(15-7-2-1-3-8-15)19(26)17(27-20)12-14-6-4-10-22-13-14/h4-6,9-13,15H,1-3,7-8H2/b17-12-,24-20?. The fourth-order valence-electron chi connectivity index (χ4n) is 3.40. The molecule has 0 unspecified atom stereocenters. The first-order chi connectivity index (χ1) is 13.2. The lowest BCUT2D eigenvalue weighted by atomic mass is 9.94. The van der Waals surface area contributed by atoms with Crippen molar-refractivity contribution in [3.63, 3.8) is 0 Å². The van der Waals surface area contributed by atoms with Crippen LogP contribution in [0.15, 0.2) is 52.8 Å². The first kappa shape index (κ1) is 18.2. The van der Waals surface area contributed by atoms with Crippen molar-refractivity contribution in [2.75, 3.05) is 0 Å². The number of thioether (sulfide) groups is 1. The fraction of sp³-hybridized carbons (Fsp3) is 0.300. The number of aliphatic imine (C=N–C) groups is 1. The van der Waals surface area contributed by atoms with Crippen molar-refractivity contribution in [1.82, 2.24) is 14.9 Å². The number of amidine groups is 1. The van der Waals surface area contributed by atoms with E-state index in [2.05, 4.69) is 9.97 Å². The van der Waals surface area contributed by atoms with E-state index in [4.69, 9.17) is 16.6 Å². The minimum Gasteiger partial charge on any atom is -0.283 e. The van der Waals surface area contributed by atoms with E-state index in [1.807, 2.05) is 29.2 Å². The van der Waals surface area contributed by atoms with Gasteiger partial charge in [0.2, 0.25) is 0 Å². The zero-order valence-electron chi connectivity index (χ0n) is 14.7. The average molecular weight is 399 g/mol. The fourth-order valence-corrected chi connectivity index (χ4v) is 4.62. The summed E-state index contributed by atoms with van der Waals surface area (Å²) in [5.74, 6) is 0.00881. The van der Waals surface area contributed by atoms with E-state index in [1.54, 1.807) is 24.7 Å². The second-order valence-electron chi connectivity index (χ2n) is 6.57. The summed E-state index contributed by atoms with van der Waals surface area (Å²) in [6.07, 6.45) is 12.5. The van der Waals surface area contributed by atoms with Crippen LogP contribution in [0.2, 0.25) is 5.15 Å². The van der Waals surface area contributed by atoms with Crippen molar-refractivity contribution in [3.05, 3.63) is 58.5 Å². The van der Waals surface area contributed by atoms with Crippen molar-refractivity contribution in [2.45, 2.75) is 38.1 Å². The lowest BCUT2D eigenvalue weighted by Crippen LogP contribution is -2.40. The normalized spacial score (nSPS) is 21.4. The predicted molar refractivity (Wildman–Crippen MR) is 110 cm³/mol. The molecule has 1 saturated heterocycles. The summed E-state index contributed by atoms with van der Waals surface area (Å²) < 4.78 is 0. The van der Waals surface area contributed by atoms with Crippen molar-refractivity contribution in [1.29, 1.82) is 0 Å². The summed E-state index contributed by atoms with van der Waals surface area (Å²) in [5, 5.41) is 1.02. The Balaban J connectivity index is 1.72. The Kier molecular flexibility index (Phi) is 5.55. The average Bonchev–Trinajstić information content (AvgIpc) is 3.00. The van der Waals surface area contributed by atoms with E-state index in [-0.39, 0.29) is 11.9 Å². The predicted octanol–water partition coefficient (Wildman–Crippen LogP) is 5.07. The number of halogens is 1. The van der Waals surface area contributed by atoms with E-state index >= 15 is 0 Å². The minimum absolute atomic E-state index is 0.00881. The van der Waals surface area contributed by atoms with Crippen LogP contribution in [0.25, 0.3) is 6.08 Å². The van der Waals surface area contributed by atoms with E-state index in [9.17, 15) is 4.79 Å². The zero-order chi connectivity index (χ0) is 18.6. The molecule has 0 atom stereocenters. The minimum atomic E-state index is 0.00881. The summed E-state index contributed by atoms with van der Waals surface area (Å²) in [6.45, 7) is 0. The lowest BCUT2D eigenvalue weighted by Gasteiger charge is -2.30. The molecule has 27 heavy (non-hydrogen) atoms. The molecule has 7 heteroatoms. The first-order valence-corrected chi connectivity index (χ1v) is 10.2. The zero-order valence-corrected chi connectivity index (χ0v) is 16.3. The van der Waals surface area contributed by atoms with Gasteiger partial charge < -0.3 is 0 Å². The third-order valence-electron chi connectivity index (χ3n) is 4.71. The Morgan fingerprint density at radius 2 is 2.00 bits per heavy atom. The van der Waals surface area contributed by atoms with Gasteiger partial charge in [0.15, 0.2) is 10.3 Å². The highest BCUT2D eigenvalue weighted by atomic mass is 35.5. The topological polar surface area (TPSA) is 58.5 Å². The van der Waals surface area contributed by atoms with Crippen LogP contribution in [0.3, 0.4) is 0 Å². The van der Waals surface area contributed by atoms with Gasteiger partial charge in [-0.05, 0) is 54.4 Å². The van der Waals surface area contributed by atoms with Gasteiger partial charge in [0.05, 0.1) is 4.91 Å². The number of hydrogen-bond donors (Lipinski definition) is 0. The number of aromatic nitrogens is 2. The van der Waals surface area contributed by atoms with Gasteiger partial charge in [0.25, 0.3) is 5.91 Å². The molecule has 2 aromatic rings. The van der Waals surface area contributed by atoms with E-state index in [1.165, 1.54) is 18.2 Å². The molecular formula is C20H19ClN4OS. The van der Waals surface area contributed by atoms with Crippen molar-refractivity contribution < 1.29 is 4.79 Å². The molecule has 1 amide bonds. The van der Waals surface area contributed by atoms with Crippen LogP contribution in [0.4, 0.5) is 5.69 Å². The van der Waals surface area contributed by atoms with Gasteiger partial charge in [-0.3, -0.25) is 14.7 Å². The van der Waals surface area contributed by atoms with Gasteiger partial charge in [-0.1, -0.05) is 36.9 Å². The van der Waals surface area contributed by atoms with Gasteiger partial charge in [0.1, 0.15) is 5.69 Å². The molecule has 0 N–H and O–H groups in total. The van der Waals surface area contributed by atoms with Crippen LogP contribution in [0, 0.1) is 0 Å². The van der Waals surface area contributed by atoms with Crippen molar-refractivity contribution in [3.8, 4) is 0 Å². The maximum Gasteiger partial charge on any atom is 0.267 e. The lowest BCUT2D eigenvalue weighted by molar-refractivity contribution is -0.124. The number of amides is 1. The maximum absolute atomic E-state index is 13.2. The molecular weight excluding hydrogens is 380 g/mol. The molecule has 4 rings (SSSR count). The summed E-state index contributed by atoms with van der Waals surface area (Å²) in [6, 6.07) is 7.60. The Morgan fingerprint density at radius 3 is 2.74 bits per heavy atom. The highest BCUT2D eigenvalue weighted by Crippen LogP contribution is 2.39. The highest BCUT2D eigenvalue weighted by Gasteiger charge is 2.38. The van der Waals surface area contributed by atoms with E-state index < -0.39 is 0 Å². The number of pyridine rings is 2. The molecule has 0 radical (unpaired) electrons. The van der Waals surface area contributed by atoms with Crippen LogP contribution in [-0.2, 0) is 4.79 Å². The molecule has 138 valence electrons. The van der Waals surface area contributed by atoms with Crippen LogP contribution in [0.5, 0.6) is 0 Å². The Morgan fingerprint density at radius 1 is 1.19 bits per heavy atom. The van der Waals surface area contributed by atoms with Gasteiger partial charge in [-0.2, -0.15) is 0 Å². The van der Waals surface area contributed by atoms with Crippen LogP contribution in [0.1, 0.15) is 37.7 Å². The summed E-state index contributed by atoms with van der Waals surface area (Å²) in [4.78, 5) is 28.6. The Hall–Kier alpha value is -2.18. The number of carbonyl (C=O) groups excluding carboxylic acids is 1. The van der Waals surface area contributed by atoms with Crippen LogP contribution in [-0.4, -0.2) is 32.0 Å². The third kappa shape index (κ3) is 4.06. The second kappa shape index (κ2) is 8.23. The molecule has 1 aliphatic carbocycles. The number of hydrogen-bond acceptors (Lipinski definition) is 5. The molecule has 2 fully saturated rings. The molecule has 1 aliphatic heterocycles. The number of nitrogens with zero attached hydrogens (tertiary/aromatic N) is 4. The number of carbonyl (C=O) groups is 1. The van der Waals surface area contributed by atoms with Crippen molar-refractivity contribution >= 4 is 46.2 Å². The van der Waals surface area contributed by atoms with Crippen LogP contribution >= 0.6 is 23.4 Å². The van der Waals surface area contributed by atoms with Gasteiger partial charge in [-0.25, -0.2) is 9.98 Å². The molecule has 0 aromatic carbocycles. The van der Waals surface area contributed by atoms with E-state index in [0.717, 1.165) is 31.2 Å². The summed E-state index contributed by atoms with van der Waals surface area (Å²) in [7, 11) is 0. The molecule has 0 spiro atoms. The number of rotatable bonds is 3. The smallest absolute Gasteiger partial charge is 0.267 e. The monoisotopic (exact) mass is 398 g/mol.